The molecule has 0 fully saturated rings. The Labute approximate surface area is 143 Å². The molecule has 0 rings (SSSR count). The molecule has 3 unspecified atom stereocenters. The van der Waals surface area contributed by atoms with Crippen molar-refractivity contribution in [2.45, 2.75) is 52.4 Å². The van der Waals surface area contributed by atoms with Gasteiger partial charge in [-0.1, -0.05) is 0 Å². The van der Waals surface area contributed by atoms with Crippen molar-refractivity contribution in [3.63, 3.8) is 0 Å². The van der Waals surface area contributed by atoms with E-state index in [1.165, 1.54) is 0 Å². The lowest BCUT2D eigenvalue weighted by Gasteiger charge is -2.31. The molecular formula is C14H21NO10. The Balaban J connectivity index is 5.56. The topological polar surface area (TPSA) is 148 Å². The van der Waals surface area contributed by atoms with E-state index in [1.807, 2.05) is 0 Å². The smallest absolute Gasteiger partial charge is 0.303 e. The van der Waals surface area contributed by atoms with Crippen molar-refractivity contribution in [1.82, 2.24) is 0 Å². The van der Waals surface area contributed by atoms with Crippen molar-refractivity contribution >= 4 is 23.9 Å². The van der Waals surface area contributed by atoms with Gasteiger partial charge in [0.25, 0.3) is 0 Å². The van der Waals surface area contributed by atoms with E-state index < -0.39 is 60.3 Å². The number of nitrogens with zero attached hydrogens (tertiary/aromatic N) is 1. The molecule has 11 heteroatoms. The van der Waals surface area contributed by atoms with Crippen LogP contribution in [-0.4, -0.2) is 60.3 Å². The highest BCUT2D eigenvalue weighted by Gasteiger charge is 2.38. The molecule has 0 aromatic rings. The zero-order chi connectivity index (χ0) is 19.6. The Hall–Kier alpha value is -2.72. The van der Waals surface area contributed by atoms with Crippen LogP contribution in [0.2, 0.25) is 0 Å². The maximum atomic E-state index is 11.4. The Kier molecular flexibility index (Phi) is 9.75. The van der Waals surface area contributed by atoms with Crippen molar-refractivity contribution in [2.75, 3.05) is 13.2 Å². The zero-order valence-corrected chi connectivity index (χ0v) is 14.4. The number of nitro groups is 1. The minimum absolute atomic E-state index is 0.303. The molecule has 0 bridgehead atoms. The molecule has 0 spiro atoms. The minimum atomic E-state index is -1.38. The van der Waals surface area contributed by atoms with Crippen LogP contribution < -0.4 is 0 Å². The molecule has 3 atom stereocenters. The molecule has 0 amide bonds. The molecule has 0 radical (unpaired) electrons. The summed E-state index contributed by atoms with van der Waals surface area (Å²) in [5.41, 5.74) is 0. The van der Waals surface area contributed by atoms with Gasteiger partial charge in [-0.2, -0.15) is 0 Å². The van der Waals surface area contributed by atoms with Gasteiger partial charge in [0, 0.05) is 32.6 Å². The van der Waals surface area contributed by atoms with E-state index in [0.29, 0.717) is 0 Å². The van der Waals surface area contributed by atoms with Crippen LogP contribution in [0.25, 0.3) is 0 Å². The Morgan fingerprint density at radius 1 is 0.840 bits per heavy atom. The van der Waals surface area contributed by atoms with Gasteiger partial charge in [0.05, 0.1) is 6.42 Å². The monoisotopic (exact) mass is 363 g/mol. The third-order valence-corrected chi connectivity index (χ3v) is 2.72. The van der Waals surface area contributed by atoms with Gasteiger partial charge >= 0.3 is 23.9 Å². The first-order chi connectivity index (χ1) is 11.5. The molecule has 25 heavy (non-hydrogen) atoms. The van der Waals surface area contributed by atoms with E-state index in [1.54, 1.807) is 0 Å². The molecule has 0 saturated carbocycles. The van der Waals surface area contributed by atoms with Gasteiger partial charge in [0.2, 0.25) is 6.54 Å². The number of hydrogen-bond donors (Lipinski definition) is 0. The summed E-state index contributed by atoms with van der Waals surface area (Å²) in [6.07, 6.45) is -4.26. The van der Waals surface area contributed by atoms with E-state index in [-0.39, 0.29) is 6.42 Å². The number of ether oxygens (including phenoxy) is 4. The van der Waals surface area contributed by atoms with Crippen LogP contribution >= 0.6 is 0 Å². The molecule has 142 valence electrons. The average Bonchev–Trinajstić information content (AvgIpc) is 2.44. The zero-order valence-electron chi connectivity index (χ0n) is 14.4. The summed E-state index contributed by atoms with van der Waals surface area (Å²) >= 11 is 0. The van der Waals surface area contributed by atoms with Gasteiger partial charge < -0.3 is 18.9 Å². The van der Waals surface area contributed by atoms with Crippen LogP contribution in [0.3, 0.4) is 0 Å². The van der Waals surface area contributed by atoms with E-state index in [9.17, 15) is 29.3 Å². The molecule has 0 aliphatic heterocycles. The highest BCUT2D eigenvalue weighted by Crippen LogP contribution is 2.17. The lowest BCUT2D eigenvalue weighted by molar-refractivity contribution is -0.482. The number of carbonyl (C=O) groups excluding carboxylic acids is 4. The summed E-state index contributed by atoms with van der Waals surface area (Å²) < 4.78 is 19.8. The molecule has 0 heterocycles. The third-order valence-electron chi connectivity index (χ3n) is 2.72. The van der Waals surface area contributed by atoms with Crippen LogP contribution in [0.4, 0.5) is 0 Å². The van der Waals surface area contributed by atoms with Gasteiger partial charge in [-0.15, -0.1) is 0 Å². The first kappa shape index (κ1) is 22.3. The van der Waals surface area contributed by atoms with Crippen molar-refractivity contribution in [3.05, 3.63) is 10.1 Å². The van der Waals surface area contributed by atoms with Gasteiger partial charge in [-0.3, -0.25) is 29.3 Å². The standard InChI is InChI=1S/C14H21NO10/c1-8(16)22-7-13(24-10(3)18)14(25-11(4)19)12(23-9(2)17)5-6-15(20)21/h12-14H,5-7H2,1-4H3. The molecule has 0 aliphatic carbocycles. The normalized spacial score (nSPS) is 13.8. The number of rotatable bonds is 10. The Bertz CT molecular complexity index is 480. The Morgan fingerprint density at radius 2 is 1.32 bits per heavy atom. The molecule has 0 N–H and O–H groups in total. The fraction of sp³-hybridized carbons (Fsp3) is 0.714. The summed E-state index contributed by atoms with van der Waals surface area (Å²) in [6.45, 7) is 3.24. The molecule has 0 aromatic carbocycles. The fourth-order valence-corrected chi connectivity index (χ4v) is 1.93. The van der Waals surface area contributed by atoms with E-state index >= 15 is 0 Å². The minimum Gasteiger partial charge on any atom is -0.462 e. The molecule has 0 saturated heterocycles. The van der Waals surface area contributed by atoms with Crippen molar-refractivity contribution < 1.29 is 43.0 Å². The van der Waals surface area contributed by atoms with Gasteiger partial charge in [0.15, 0.2) is 12.2 Å². The van der Waals surface area contributed by atoms with Crippen molar-refractivity contribution in [1.29, 1.82) is 0 Å². The molecule has 0 aliphatic rings. The van der Waals surface area contributed by atoms with E-state index in [0.717, 1.165) is 27.7 Å². The summed E-state index contributed by atoms with van der Waals surface area (Å²) in [7, 11) is 0. The lowest BCUT2D eigenvalue weighted by atomic mass is 10.0. The van der Waals surface area contributed by atoms with Gasteiger partial charge in [-0.05, 0) is 0 Å². The number of hydrogen-bond acceptors (Lipinski definition) is 10. The SMILES string of the molecule is CC(=O)OCC(OC(C)=O)C(OC(C)=O)C(CC[N+](=O)[O-])OC(C)=O. The lowest BCUT2D eigenvalue weighted by Crippen LogP contribution is -2.48. The first-order valence-corrected chi connectivity index (χ1v) is 7.29. The highest BCUT2D eigenvalue weighted by molar-refractivity contribution is 5.68. The van der Waals surface area contributed by atoms with E-state index in [2.05, 4.69) is 0 Å². The third kappa shape index (κ3) is 10.6. The predicted molar refractivity (Wildman–Crippen MR) is 79.8 cm³/mol. The molecular weight excluding hydrogens is 342 g/mol. The maximum Gasteiger partial charge on any atom is 0.303 e. The largest absolute Gasteiger partial charge is 0.462 e. The second-order valence-corrected chi connectivity index (χ2v) is 5.02. The summed E-state index contributed by atoms with van der Waals surface area (Å²) in [5.74, 6) is -3.04. The van der Waals surface area contributed by atoms with Crippen LogP contribution in [0.15, 0.2) is 0 Å². The second kappa shape index (κ2) is 10.9. The summed E-state index contributed by atoms with van der Waals surface area (Å²) in [5, 5.41) is 10.6. The highest BCUT2D eigenvalue weighted by atomic mass is 16.6. The Morgan fingerprint density at radius 3 is 1.72 bits per heavy atom. The molecule has 0 aromatic heterocycles. The van der Waals surface area contributed by atoms with Crippen LogP contribution in [0.1, 0.15) is 34.1 Å². The van der Waals surface area contributed by atoms with E-state index in [4.69, 9.17) is 18.9 Å². The summed E-state index contributed by atoms with van der Waals surface area (Å²) in [6, 6.07) is 0. The van der Waals surface area contributed by atoms with Crippen LogP contribution in [-0.2, 0) is 38.1 Å². The predicted octanol–water partition coefficient (Wildman–Crippen LogP) is 0.0114. The van der Waals surface area contributed by atoms with Gasteiger partial charge in [-0.25, -0.2) is 0 Å². The van der Waals surface area contributed by atoms with Crippen LogP contribution in [0, 0.1) is 10.1 Å². The first-order valence-electron chi connectivity index (χ1n) is 7.29. The number of carbonyl (C=O) groups is 4. The van der Waals surface area contributed by atoms with Crippen molar-refractivity contribution in [3.8, 4) is 0 Å². The quantitative estimate of drug-likeness (QED) is 0.225. The average molecular weight is 363 g/mol. The van der Waals surface area contributed by atoms with Crippen molar-refractivity contribution in [2.24, 2.45) is 0 Å². The number of esters is 4. The fourth-order valence-electron chi connectivity index (χ4n) is 1.93. The summed E-state index contributed by atoms with van der Waals surface area (Å²) in [4.78, 5) is 54.9. The van der Waals surface area contributed by atoms with Gasteiger partial charge in [0.1, 0.15) is 12.7 Å². The molecule has 11 nitrogen and oxygen atoms in total. The second-order valence-electron chi connectivity index (χ2n) is 5.02. The maximum absolute atomic E-state index is 11.4. The van der Waals surface area contributed by atoms with Crippen LogP contribution in [0.5, 0.6) is 0 Å².